The van der Waals surface area contributed by atoms with Gasteiger partial charge in [0.2, 0.25) is 0 Å². The second kappa shape index (κ2) is 10.2. The molecule has 1 amide bonds. The molecule has 41 heavy (non-hydrogen) atoms. The SMILES string of the molecule is COc1cc(C(=O)N2C[C@@H](C)OC[C@H]2C)cc(OC)c1SNc1noc2c1CC1(CC1)c1ccc(N3CCC3)cc1-2. The molecule has 2 aliphatic heterocycles. The summed E-state index contributed by atoms with van der Waals surface area (Å²) in [5, 5.41) is 4.47. The maximum atomic E-state index is 13.5. The van der Waals surface area contributed by atoms with E-state index in [-0.39, 0.29) is 23.5 Å². The predicted molar refractivity (Wildman–Crippen MR) is 158 cm³/mol. The van der Waals surface area contributed by atoms with E-state index >= 15 is 0 Å². The van der Waals surface area contributed by atoms with Gasteiger partial charge in [-0.3, -0.25) is 4.79 Å². The van der Waals surface area contributed by atoms with E-state index in [0.29, 0.717) is 30.2 Å². The van der Waals surface area contributed by atoms with E-state index in [1.807, 2.05) is 18.7 Å². The molecule has 0 bridgehead atoms. The smallest absolute Gasteiger partial charge is 0.254 e. The Labute approximate surface area is 244 Å². The molecule has 7 rings (SSSR count). The van der Waals surface area contributed by atoms with Gasteiger partial charge in [0, 0.05) is 47.4 Å². The molecule has 1 saturated carbocycles. The topological polar surface area (TPSA) is 89.3 Å². The number of benzene rings is 2. The summed E-state index contributed by atoms with van der Waals surface area (Å²) in [5.41, 5.74) is 5.62. The van der Waals surface area contributed by atoms with Crippen LogP contribution in [0, 0.1) is 0 Å². The Bertz CT molecular complexity index is 1470. The number of aromatic nitrogens is 1. The highest BCUT2D eigenvalue weighted by Crippen LogP contribution is 2.59. The van der Waals surface area contributed by atoms with E-state index in [0.717, 1.165) is 41.5 Å². The number of carbonyl (C=O) groups is 1. The molecule has 4 aliphatic rings. The lowest BCUT2D eigenvalue weighted by molar-refractivity contribution is -0.0387. The number of morpholine rings is 1. The van der Waals surface area contributed by atoms with E-state index in [4.69, 9.17) is 18.7 Å². The average molecular weight is 577 g/mol. The van der Waals surface area contributed by atoms with Crippen molar-refractivity contribution in [3.05, 3.63) is 47.0 Å². The number of amides is 1. The minimum absolute atomic E-state index is 0.00425. The number of hydrogen-bond acceptors (Lipinski definition) is 9. The number of methoxy groups -OCH3 is 2. The molecule has 2 saturated heterocycles. The minimum atomic E-state index is -0.0645. The summed E-state index contributed by atoms with van der Waals surface area (Å²) < 4.78 is 26.6. The van der Waals surface area contributed by atoms with Crippen molar-refractivity contribution in [2.75, 3.05) is 50.1 Å². The molecule has 0 unspecified atom stereocenters. The lowest BCUT2D eigenvalue weighted by Crippen LogP contribution is -2.50. The van der Waals surface area contributed by atoms with Crippen molar-refractivity contribution >= 4 is 29.4 Å². The molecule has 0 radical (unpaired) electrons. The van der Waals surface area contributed by atoms with Crippen molar-refractivity contribution in [3.8, 4) is 22.8 Å². The number of hydrogen-bond donors (Lipinski definition) is 1. The summed E-state index contributed by atoms with van der Waals surface area (Å²) in [4.78, 5) is 18.5. The molecular weight excluding hydrogens is 540 g/mol. The number of rotatable bonds is 7. The van der Waals surface area contributed by atoms with Crippen LogP contribution in [0.25, 0.3) is 11.3 Å². The fourth-order valence-electron chi connectivity index (χ4n) is 6.30. The number of carbonyl (C=O) groups excluding carboxylic acids is 1. The second-order valence-corrected chi connectivity index (χ2v) is 12.5. The first-order valence-corrected chi connectivity index (χ1v) is 15.2. The molecule has 9 nitrogen and oxygen atoms in total. The maximum absolute atomic E-state index is 13.5. The van der Waals surface area contributed by atoms with Gasteiger partial charge >= 0.3 is 0 Å². The van der Waals surface area contributed by atoms with Crippen molar-refractivity contribution < 1.29 is 23.5 Å². The molecular formula is C31H36N4O5S. The van der Waals surface area contributed by atoms with Crippen LogP contribution in [0.1, 0.15) is 54.6 Å². The monoisotopic (exact) mass is 576 g/mol. The van der Waals surface area contributed by atoms with E-state index in [1.165, 1.54) is 48.0 Å². The van der Waals surface area contributed by atoms with E-state index in [2.05, 4.69) is 33.0 Å². The van der Waals surface area contributed by atoms with Gasteiger partial charge < -0.3 is 33.3 Å². The molecule has 1 spiro atoms. The van der Waals surface area contributed by atoms with Crippen molar-refractivity contribution in [2.45, 2.75) is 62.0 Å². The quantitative estimate of drug-likeness (QED) is 0.365. The number of anilines is 2. The van der Waals surface area contributed by atoms with E-state index in [9.17, 15) is 4.79 Å². The third-order valence-electron chi connectivity index (χ3n) is 9.02. The summed E-state index contributed by atoms with van der Waals surface area (Å²) in [6.07, 6.45) is 4.50. The van der Waals surface area contributed by atoms with Crippen molar-refractivity contribution in [1.82, 2.24) is 10.1 Å². The van der Waals surface area contributed by atoms with Gasteiger partial charge in [-0.15, -0.1) is 0 Å². The molecule has 1 N–H and O–H groups in total. The van der Waals surface area contributed by atoms with Crippen molar-refractivity contribution in [1.29, 1.82) is 0 Å². The van der Waals surface area contributed by atoms with Gasteiger partial charge in [0.15, 0.2) is 11.6 Å². The van der Waals surface area contributed by atoms with Crippen LogP contribution in [0.2, 0.25) is 0 Å². The highest BCUT2D eigenvalue weighted by Gasteiger charge is 2.50. The zero-order valence-corrected chi connectivity index (χ0v) is 24.8. The first-order chi connectivity index (χ1) is 19.9. The molecule has 10 heteroatoms. The lowest BCUT2D eigenvalue weighted by Gasteiger charge is -2.37. The Hall–Kier alpha value is -3.37. The standard InChI is InChI=1S/C31H36N4O5S/c1-18-17-39-19(2)16-35(18)30(36)20-12-25(37-3)28(26(13-20)38-4)41-33-29-23-15-31(8-9-31)24-7-6-21(34-10-5-11-34)14-22(24)27(23)40-32-29/h6-7,12-14,18-19H,5,8-11,15-17H2,1-4H3,(H,32,33)/t18-,19-/m1/s1. The molecule has 2 atom stereocenters. The Kier molecular flexibility index (Phi) is 6.58. The number of fused-ring (bicyclic) bond motifs is 4. The van der Waals surface area contributed by atoms with Gasteiger partial charge in [0.25, 0.3) is 5.91 Å². The van der Waals surface area contributed by atoms with Crippen LogP contribution in [-0.4, -0.2) is 68.6 Å². The molecule has 3 heterocycles. The van der Waals surface area contributed by atoms with Crippen LogP contribution in [0.4, 0.5) is 11.5 Å². The number of nitrogens with zero attached hydrogens (tertiary/aromatic N) is 3. The van der Waals surface area contributed by atoms with Crippen molar-refractivity contribution in [2.24, 2.45) is 0 Å². The third-order valence-corrected chi connectivity index (χ3v) is 9.93. The first kappa shape index (κ1) is 26.5. The first-order valence-electron chi connectivity index (χ1n) is 14.4. The maximum Gasteiger partial charge on any atom is 0.254 e. The van der Waals surface area contributed by atoms with Crippen molar-refractivity contribution in [3.63, 3.8) is 0 Å². The van der Waals surface area contributed by atoms with E-state index < -0.39 is 0 Å². The predicted octanol–water partition coefficient (Wildman–Crippen LogP) is 5.53. The van der Waals surface area contributed by atoms with Crippen LogP contribution in [0.5, 0.6) is 11.5 Å². The Balaban J connectivity index is 1.16. The Morgan fingerprint density at radius 3 is 2.54 bits per heavy atom. The average Bonchev–Trinajstić information content (AvgIpc) is 3.61. The van der Waals surface area contributed by atoms with Gasteiger partial charge in [-0.25, -0.2) is 0 Å². The fourth-order valence-corrected chi connectivity index (χ4v) is 7.15. The number of ether oxygens (including phenoxy) is 3. The third kappa shape index (κ3) is 4.52. The zero-order chi connectivity index (χ0) is 28.3. The van der Waals surface area contributed by atoms with Gasteiger partial charge in [0.1, 0.15) is 16.4 Å². The highest BCUT2D eigenvalue weighted by atomic mass is 32.2. The molecule has 2 aliphatic carbocycles. The summed E-state index contributed by atoms with van der Waals surface area (Å²) in [6.45, 7) is 7.26. The second-order valence-electron chi connectivity index (χ2n) is 11.7. The summed E-state index contributed by atoms with van der Waals surface area (Å²) in [5.74, 6) is 2.62. The summed E-state index contributed by atoms with van der Waals surface area (Å²) in [6, 6.07) is 10.4. The summed E-state index contributed by atoms with van der Waals surface area (Å²) in [7, 11) is 3.21. The lowest BCUT2D eigenvalue weighted by atomic mass is 9.79. The largest absolute Gasteiger partial charge is 0.495 e. The molecule has 1 aromatic heterocycles. The molecule has 216 valence electrons. The Morgan fingerprint density at radius 2 is 1.88 bits per heavy atom. The van der Waals surface area contributed by atoms with Gasteiger partial charge in [-0.2, -0.15) is 0 Å². The normalized spacial score (nSPS) is 22.0. The van der Waals surface area contributed by atoms with Gasteiger partial charge in [0.05, 0.1) is 33.0 Å². The minimum Gasteiger partial charge on any atom is -0.495 e. The van der Waals surface area contributed by atoms with Crippen LogP contribution < -0.4 is 19.1 Å². The van der Waals surface area contributed by atoms with Gasteiger partial charge in [-0.05, 0) is 81.3 Å². The number of nitrogens with one attached hydrogen (secondary N) is 1. The fraction of sp³-hybridized carbons (Fsp3) is 0.484. The summed E-state index contributed by atoms with van der Waals surface area (Å²) >= 11 is 1.36. The highest BCUT2D eigenvalue weighted by molar-refractivity contribution is 8.00. The zero-order valence-electron chi connectivity index (χ0n) is 24.0. The Morgan fingerprint density at radius 1 is 1.12 bits per heavy atom. The molecule has 3 aromatic rings. The van der Waals surface area contributed by atoms with Gasteiger partial charge in [-0.1, -0.05) is 11.2 Å². The van der Waals surface area contributed by atoms with Crippen LogP contribution >= 0.6 is 11.9 Å². The van der Waals surface area contributed by atoms with Crippen LogP contribution in [0.15, 0.2) is 39.8 Å². The van der Waals surface area contributed by atoms with E-state index in [1.54, 1.807) is 26.4 Å². The molecule has 3 fully saturated rings. The van der Waals surface area contributed by atoms with Crippen LogP contribution in [0.3, 0.4) is 0 Å². The molecule has 2 aromatic carbocycles. The van der Waals surface area contributed by atoms with Crippen LogP contribution in [-0.2, 0) is 16.6 Å².